The van der Waals surface area contributed by atoms with E-state index in [0.717, 1.165) is 64.2 Å². The van der Waals surface area contributed by atoms with Gasteiger partial charge in [-0.3, -0.25) is 9.59 Å². The molecule has 200 valence electrons. The zero-order chi connectivity index (χ0) is 26.6. The van der Waals surface area contributed by atoms with Crippen LogP contribution in [0, 0.1) is 0 Å². The van der Waals surface area contributed by atoms with Gasteiger partial charge in [0.25, 0.3) is 5.91 Å². The third-order valence-corrected chi connectivity index (χ3v) is 5.98. The summed E-state index contributed by atoms with van der Waals surface area (Å²) < 4.78 is 5.40. The summed E-state index contributed by atoms with van der Waals surface area (Å²) in [5.74, 6) is -1.45. The third kappa shape index (κ3) is 15.2. The van der Waals surface area contributed by atoms with Gasteiger partial charge in [-0.15, -0.1) is 0 Å². The van der Waals surface area contributed by atoms with Crippen molar-refractivity contribution in [2.45, 2.75) is 97.8 Å². The zero-order valence-electron chi connectivity index (χ0n) is 22.4. The second kappa shape index (κ2) is 19.3. The fraction of sp³-hybridized carbons (Fsp3) is 0.567. The summed E-state index contributed by atoms with van der Waals surface area (Å²) in [5.41, 5.74) is 3.09. The molecule has 0 aliphatic heterocycles. The summed E-state index contributed by atoms with van der Waals surface area (Å²) in [6, 6.07) is 6.77. The molecule has 1 rings (SSSR count). The van der Waals surface area contributed by atoms with Gasteiger partial charge in [-0.1, -0.05) is 74.3 Å². The van der Waals surface area contributed by atoms with E-state index in [2.05, 4.69) is 25.2 Å². The van der Waals surface area contributed by atoms with Crippen molar-refractivity contribution in [3.63, 3.8) is 0 Å². The number of allylic oxidation sites excluding steroid dienone is 3. The molecule has 0 saturated carbocycles. The van der Waals surface area contributed by atoms with E-state index in [0.29, 0.717) is 12.1 Å². The molecule has 1 aromatic rings. The van der Waals surface area contributed by atoms with Gasteiger partial charge in [-0.05, 0) is 64.7 Å². The van der Waals surface area contributed by atoms with Crippen LogP contribution in [0.5, 0.6) is 0 Å². The Morgan fingerprint density at radius 1 is 0.806 bits per heavy atom. The molecule has 0 heterocycles. The first-order valence-electron chi connectivity index (χ1n) is 13.4. The van der Waals surface area contributed by atoms with Crippen LogP contribution in [0.1, 0.15) is 119 Å². The molecule has 6 nitrogen and oxygen atoms in total. The van der Waals surface area contributed by atoms with Crippen molar-refractivity contribution in [1.82, 2.24) is 5.32 Å². The van der Waals surface area contributed by atoms with Gasteiger partial charge in [-0.25, -0.2) is 4.79 Å². The van der Waals surface area contributed by atoms with Gasteiger partial charge in [0.1, 0.15) is 6.61 Å². The molecule has 0 bridgehead atoms. The maximum atomic E-state index is 12.7. The number of ether oxygens (including phenoxy) is 1. The van der Waals surface area contributed by atoms with E-state index >= 15 is 0 Å². The SMILES string of the molecule is CC(C)=CCCC(C)=CCOC(=O)c1ccccc1C(=O)NCCCCCCCCCCCC(=O)O. The molecule has 0 spiro atoms. The van der Waals surface area contributed by atoms with E-state index in [9.17, 15) is 14.4 Å². The molecule has 0 aliphatic carbocycles. The molecule has 0 aromatic heterocycles. The fourth-order valence-corrected chi connectivity index (χ4v) is 3.82. The second-order valence-corrected chi connectivity index (χ2v) is 9.60. The van der Waals surface area contributed by atoms with Crippen LogP contribution in [0.4, 0.5) is 0 Å². The molecule has 0 aliphatic rings. The molecule has 0 fully saturated rings. The minimum absolute atomic E-state index is 0.192. The predicted molar refractivity (Wildman–Crippen MR) is 145 cm³/mol. The van der Waals surface area contributed by atoms with Crippen molar-refractivity contribution in [2.24, 2.45) is 0 Å². The van der Waals surface area contributed by atoms with Crippen molar-refractivity contribution < 1.29 is 24.2 Å². The Morgan fingerprint density at radius 3 is 2.00 bits per heavy atom. The summed E-state index contributed by atoms with van der Waals surface area (Å²) in [6.45, 7) is 6.95. The van der Waals surface area contributed by atoms with E-state index in [1.165, 1.54) is 17.6 Å². The second-order valence-electron chi connectivity index (χ2n) is 9.60. The number of benzene rings is 1. The maximum Gasteiger partial charge on any atom is 0.339 e. The molecule has 2 N–H and O–H groups in total. The van der Waals surface area contributed by atoms with E-state index in [4.69, 9.17) is 9.84 Å². The molecular weight excluding hydrogens is 454 g/mol. The number of carboxylic acid groups (broad SMARTS) is 1. The van der Waals surface area contributed by atoms with Gasteiger partial charge in [0, 0.05) is 13.0 Å². The van der Waals surface area contributed by atoms with E-state index in [1.54, 1.807) is 24.3 Å². The van der Waals surface area contributed by atoms with Crippen molar-refractivity contribution >= 4 is 17.8 Å². The Bertz CT molecular complexity index is 868. The first kappa shape index (κ1) is 31.1. The fourth-order valence-electron chi connectivity index (χ4n) is 3.82. The van der Waals surface area contributed by atoms with Gasteiger partial charge in [-0.2, -0.15) is 0 Å². The number of unbranched alkanes of at least 4 members (excludes halogenated alkanes) is 8. The molecule has 36 heavy (non-hydrogen) atoms. The lowest BCUT2D eigenvalue weighted by molar-refractivity contribution is -0.137. The Morgan fingerprint density at radius 2 is 1.39 bits per heavy atom. The average Bonchev–Trinajstić information content (AvgIpc) is 2.84. The number of carboxylic acids is 1. The molecule has 0 saturated heterocycles. The number of esters is 1. The van der Waals surface area contributed by atoms with Crippen LogP contribution in [0.15, 0.2) is 47.6 Å². The van der Waals surface area contributed by atoms with Gasteiger partial charge in [0.15, 0.2) is 0 Å². The standard InChI is InChI=1S/C30H45NO5/c1-24(2)16-15-17-25(3)21-23-36-30(35)27-19-13-12-18-26(27)29(34)31-22-14-10-8-6-4-5-7-9-11-20-28(32)33/h12-13,16,18-19,21H,4-11,14-15,17,20,22-23H2,1-3H3,(H,31,34)(H,32,33). The van der Waals surface area contributed by atoms with Crippen LogP contribution >= 0.6 is 0 Å². The minimum atomic E-state index is -0.713. The van der Waals surface area contributed by atoms with E-state index in [1.807, 2.05) is 13.0 Å². The third-order valence-electron chi connectivity index (χ3n) is 5.98. The summed E-state index contributed by atoms with van der Waals surface area (Å²) >= 11 is 0. The van der Waals surface area contributed by atoms with Crippen LogP contribution in [-0.2, 0) is 9.53 Å². The number of hydrogen-bond donors (Lipinski definition) is 2. The highest BCUT2D eigenvalue weighted by Crippen LogP contribution is 2.13. The highest BCUT2D eigenvalue weighted by Gasteiger charge is 2.17. The number of carbonyl (C=O) groups excluding carboxylic acids is 2. The maximum absolute atomic E-state index is 12.7. The quantitative estimate of drug-likeness (QED) is 0.119. The Kier molecular flexibility index (Phi) is 16.7. The summed E-state index contributed by atoms with van der Waals surface area (Å²) in [6.07, 6.45) is 15.6. The normalized spacial score (nSPS) is 11.1. The van der Waals surface area contributed by atoms with Crippen LogP contribution in [0.3, 0.4) is 0 Å². The number of aliphatic carboxylic acids is 1. The number of rotatable bonds is 19. The lowest BCUT2D eigenvalue weighted by Crippen LogP contribution is -2.26. The van der Waals surface area contributed by atoms with Gasteiger partial charge >= 0.3 is 11.9 Å². The summed E-state index contributed by atoms with van der Waals surface area (Å²) in [5, 5.41) is 11.5. The van der Waals surface area contributed by atoms with Crippen molar-refractivity contribution in [3.8, 4) is 0 Å². The molecule has 6 heteroatoms. The topological polar surface area (TPSA) is 92.7 Å². The van der Waals surface area contributed by atoms with Crippen LogP contribution in [-0.4, -0.2) is 36.1 Å². The van der Waals surface area contributed by atoms with Crippen LogP contribution < -0.4 is 5.32 Å². The number of nitrogens with one attached hydrogen (secondary N) is 1. The average molecular weight is 500 g/mol. The molecule has 0 radical (unpaired) electrons. The highest BCUT2D eigenvalue weighted by atomic mass is 16.5. The highest BCUT2D eigenvalue weighted by molar-refractivity contribution is 6.05. The zero-order valence-corrected chi connectivity index (χ0v) is 22.4. The molecular formula is C30H45NO5. The van der Waals surface area contributed by atoms with Crippen LogP contribution in [0.2, 0.25) is 0 Å². The first-order valence-corrected chi connectivity index (χ1v) is 13.4. The Balaban J connectivity index is 2.28. The Labute approximate surface area is 217 Å². The molecule has 1 amide bonds. The number of amides is 1. The van der Waals surface area contributed by atoms with Crippen LogP contribution in [0.25, 0.3) is 0 Å². The lowest BCUT2D eigenvalue weighted by Gasteiger charge is -2.10. The van der Waals surface area contributed by atoms with Gasteiger partial charge in [0.05, 0.1) is 11.1 Å². The summed E-state index contributed by atoms with van der Waals surface area (Å²) in [4.78, 5) is 35.7. The Hall–Kier alpha value is -2.89. The smallest absolute Gasteiger partial charge is 0.339 e. The van der Waals surface area contributed by atoms with E-state index in [-0.39, 0.29) is 24.5 Å². The number of hydrogen-bond acceptors (Lipinski definition) is 4. The van der Waals surface area contributed by atoms with E-state index < -0.39 is 11.9 Å². The lowest BCUT2D eigenvalue weighted by atomic mass is 10.1. The molecule has 1 aromatic carbocycles. The predicted octanol–water partition coefficient (Wildman–Crippen LogP) is 7.25. The molecule has 0 unspecified atom stereocenters. The van der Waals surface area contributed by atoms with Gasteiger partial charge in [0.2, 0.25) is 0 Å². The monoisotopic (exact) mass is 499 g/mol. The van der Waals surface area contributed by atoms with Crippen molar-refractivity contribution in [1.29, 1.82) is 0 Å². The molecule has 0 atom stereocenters. The number of carbonyl (C=O) groups is 3. The van der Waals surface area contributed by atoms with Crippen molar-refractivity contribution in [3.05, 3.63) is 58.7 Å². The largest absolute Gasteiger partial charge is 0.481 e. The van der Waals surface area contributed by atoms with Crippen molar-refractivity contribution in [2.75, 3.05) is 13.2 Å². The minimum Gasteiger partial charge on any atom is -0.481 e. The summed E-state index contributed by atoms with van der Waals surface area (Å²) in [7, 11) is 0. The first-order chi connectivity index (χ1) is 17.3. The van der Waals surface area contributed by atoms with Gasteiger partial charge < -0.3 is 15.2 Å².